The summed E-state index contributed by atoms with van der Waals surface area (Å²) in [5, 5.41) is 17.0. The van der Waals surface area contributed by atoms with Crippen molar-refractivity contribution < 1.29 is 14.4 Å². The van der Waals surface area contributed by atoms with Crippen molar-refractivity contribution in [1.29, 1.82) is 0 Å². The molecule has 0 aliphatic carbocycles. The van der Waals surface area contributed by atoms with E-state index in [2.05, 4.69) is 34.9 Å². The fourth-order valence-corrected chi connectivity index (χ4v) is 5.69. The maximum atomic E-state index is 13.8. The van der Waals surface area contributed by atoms with Gasteiger partial charge in [0, 0.05) is 17.2 Å². The number of benzene rings is 4. The third kappa shape index (κ3) is 6.81. The molecule has 1 aromatic heterocycles. The summed E-state index contributed by atoms with van der Waals surface area (Å²) in [7, 11) is 0. The third-order valence-electron chi connectivity index (χ3n) is 7.30. The number of nitro benzene ring substituents is 1. The lowest BCUT2D eigenvalue weighted by atomic mass is 9.96. The van der Waals surface area contributed by atoms with Crippen LogP contribution >= 0.6 is 15.9 Å². The van der Waals surface area contributed by atoms with E-state index in [4.69, 9.17) is 14.5 Å². The number of rotatable bonds is 10. The molecule has 0 aliphatic rings. The molecule has 1 heterocycles. The van der Waals surface area contributed by atoms with E-state index in [0.717, 1.165) is 33.6 Å². The number of para-hydroxylation sites is 1. The lowest BCUT2D eigenvalue weighted by molar-refractivity contribution is -0.386. The number of halogens is 1. The predicted molar refractivity (Wildman–Crippen MR) is 181 cm³/mol. The molecule has 10 heteroatoms. The summed E-state index contributed by atoms with van der Waals surface area (Å²) < 4.78 is 13.4. The van der Waals surface area contributed by atoms with Crippen molar-refractivity contribution in [3.63, 3.8) is 0 Å². The zero-order chi connectivity index (χ0) is 32.2. The van der Waals surface area contributed by atoms with E-state index >= 15 is 0 Å². The zero-order valence-corrected chi connectivity index (χ0v) is 27.3. The van der Waals surface area contributed by atoms with Gasteiger partial charge in [0.1, 0.15) is 12.4 Å². The van der Waals surface area contributed by atoms with E-state index < -0.39 is 4.92 Å². The van der Waals surface area contributed by atoms with Crippen molar-refractivity contribution in [2.75, 3.05) is 6.61 Å². The lowest BCUT2D eigenvalue weighted by Crippen LogP contribution is -2.21. The van der Waals surface area contributed by atoms with Gasteiger partial charge in [0.05, 0.1) is 33.1 Å². The van der Waals surface area contributed by atoms with Crippen molar-refractivity contribution >= 4 is 38.7 Å². The Bertz CT molecular complexity index is 2000. The molecule has 9 nitrogen and oxygen atoms in total. The van der Waals surface area contributed by atoms with Crippen LogP contribution in [0.15, 0.2) is 87.2 Å². The molecule has 0 fully saturated rings. The van der Waals surface area contributed by atoms with Crippen LogP contribution in [0.25, 0.3) is 22.3 Å². The fraction of sp³-hybridized carbons (Fsp3) is 0.229. The van der Waals surface area contributed by atoms with Crippen LogP contribution < -0.4 is 15.0 Å². The minimum absolute atomic E-state index is 0.107. The molecule has 230 valence electrons. The minimum Gasteiger partial charge on any atom is -0.494 e. The predicted octanol–water partition coefficient (Wildman–Crippen LogP) is 8.33. The second kappa shape index (κ2) is 13.4. The number of hydrogen-bond donors (Lipinski definition) is 0. The van der Waals surface area contributed by atoms with Gasteiger partial charge in [-0.1, -0.05) is 55.8 Å². The highest BCUT2D eigenvalue weighted by molar-refractivity contribution is 9.10. The molecule has 0 saturated carbocycles. The number of aryl methyl sites for hydroxylation is 2. The van der Waals surface area contributed by atoms with Crippen molar-refractivity contribution in [3.05, 3.63) is 126 Å². The monoisotopic (exact) mass is 668 g/mol. The van der Waals surface area contributed by atoms with Crippen LogP contribution in [0.5, 0.6) is 11.5 Å². The van der Waals surface area contributed by atoms with Gasteiger partial charge in [-0.2, -0.15) is 9.78 Å². The highest BCUT2D eigenvalue weighted by Gasteiger charge is 2.22. The molecule has 0 amide bonds. The second-order valence-corrected chi connectivity index (χ2v) is 11.8. The Kier molecular flexibility index (Phi) is 9.43. The van der Waals surface area contributed by atoms with Crippen LogP contribution in [-0.4, -0.2) is 27.4 Å². The maximum absolute atomic E-state index is 13.8. The molecule has 0 N–H and O–H groups in total. The first-order valence-corrected chi connectivity index (χ1v) is 15.4. The topological polar surface area (TPSA) is 109 Å². The van der Waals surface area contributed by atoms with E-state index in [9.17, 15) is 14.9 Å². The van der Waals surface area contributed by atoms with Gasteiger partial charge in [-0.25, -0.2) is 4.98 Å². The number of fused-ring (bicyclic) bond motifs is 1. The van der Waals surface area contributed by atoms with Crippen LogP contribution in [0.4, 0.5) is 5.69 Å². The molecule has 0 radical (unpaired) electrons. The summed E-state index contributed by atoms with van der Waals surface area (Å²) in [6, 6.07) is 21.8. The molecule has 0 spiro atoms. The average molecular weight is 670 g/mol. The van der Waals surface area contributed by atoms with Crippen LogP contribution in [0.2, 0.25) is 0 Å². The van der Waals surface area contributed by atoms with E-state index in [1.165, 1.54) is 17.0 Å². The number of ether oxygens (including phenoxy) is 2. The molecular weight excluding hydrogens is 636 g/mol. The van der Waals surface area contributed by atoms with Crippen molar-refractivity contribution in [2.24, 2.45) is 5.10 Å². The zero-order valence-electron chi connectivity index (χ0n) is 25.7. The Balaban J connectivity index is 1.61. The van der Waals surface area contributed by atoms with Crippen LogP contribution in [0.1, 0.15) is 54.5 Å². The highest BCUT2D eigenvalue weighted by atomic mass is 79.9. The van der Waals surface area contributed by atoms with Crippen molar-refractivity contribution in [3.8, 4) is 22.9 Å². The lowest BCUT2D eigenvalue weighted by Gasteiger charge is -2.18. The minimum atomic E-state index is -0.500. The largest absolute Gasteiger partial charge is 0.494 e. The summed E-state index contributed by atoms with van der Waals surface area (Å²) in [6.45, 7) is 10.7. The van der Waals surface area contributed by atoms with Gasteiger partial charge in [-0.15, -0.1) is 0 Å². The van der Waals surface area contributed by atoms with Gasteiger partial charge >= 0.3 is 5.69 Å². The van der Waals surface area contributed by atoms with Gasteiger partial charge in [0.15, 0.2) is 5.82 Å². The first-order valence-electron chi connectivity index (χ1n) is 14.6. The number of hydrogen-bond acceptors (Lipinski definition) is 7. The molecule has 4 aromatic carbocycles. The van der Waals surface area contributed by atoms with Crippen LogP contribution in [0, 0.1) is 24.0 Å². The Hall–Kier alpha value is -4.83. The molecule has 45 heavy (non-hydrogen) atoms. The fourth-order valence-electron chi connectivity index (χ4n) is 5.11. The molecule has 5 aromatic rings. The molecule has 0 unspecified atom stereocenters. The smallest absolute Gasteiger partial charge is 0.312 e. The Morgan fingerprint density at radius 2 is 1.82 bits per heavy atom. The van der Waals surface area contributed by atoms with Gasteiger partial charge in [-0.3, -0.25) is 14.9 Å². The van der Waals surface area contributed by atoms with Gasteiger partial charge in [0.25, 0.3) is 5.56 Å². The molecule has 0 saturated heterocycles. The van der Waals surface area contributed by atoms with Crippen LogP contribution in [-0.2, 0) is 6.61 Å². The van der Waals surface area contributed by atoms with E-state index in [1.54, 1.807) is 24.3 Å². The van der Waals surface area contributed by atoms with Crippen molar-refractivity contribution in [2.45, 2.75) is 47.1 Å². The van der Waals surface area contributed by atoms with Crippen molar-refractivity contribution in [1.82, 2.24) is 9.66 Å². The number of nitrogens with zero attached hydrogens (tertiary/aromatic N) is 4. The normalized spacial score (nSPS) is 11.4. The molecule has 0 atom stereocenters. The molecule has 5 rings (SSSR count). The third-order valence-corrected chi connectivity index (χ3v) is 7.89. The number of aromatic nitrogens is 2. The summed E-state index contributed by atoms with van der Waals surface area (Å²) in [5.74, 6) is 1.40. The number of nitro groups is 1. The summed E-state index contributed by atoms with van der Waals surface area (Å²) >= 11 is 3.45. The van der Waals surface area contributed by atoms with E-state index in [0.29, 0.717) is 33.4 Å². The first-order chi connectivity index (χ1) is 21.6. The highest BCUT2D eigenvalue weighted by Crippen LogP contribution is 2.37. The van der Waals surface area contributed by atoms with E-state index in [-0.39, 0.29) is 29.5 Å². The Labute approximate surface area is 269 Å². The standard InChI is InChI=1S/C35H33BrN4O5/c1-6-44-32-15-23(5)28(18-27(32)21(2)3)34-38-30-13-8-7-12-26(30)35(41)39(34)37-19-25-16-29(36)33(31(17-25)40(42)43)45-20-24-11-9-10-22(4)14-24/h7-19,21H,6,20H2,1-5H3. The quantitative estimate of drug-likeness (QED) is 0.0841. The average Bonchev–Trinajstić information content (AvgIpc) is 3.00. The maximum Gasteiger partial charge on any atom is 0.312 e. The summed E-state index contributed by atoms with van der Waals surface area (Å²) in [6.07, 6.45) is 1.41. The Morgan fingerprint density at radius 1 is 1.04 bits per heavy atom. The molecular formula is C35H33BrN4O5. The Morgan fingerprint density at radius 3 is 2.53 bits per heavy atom. The first kappa shape index (κ1) is 31.6. The molecule has 0 aliphatic heterocycles. The van der Waals surface area contributed by atoms with Gasteiger partial charge < -0.3 is 9.47 Å². The van der Waals surface area contributed by atoms with Gasteiger partial charge in [0.2, 0.25) is 5.75 Å². The van der Waals surface area contributed by atoms with Crippen LogP contribution in [0.3, 0.4) is 0 Å². The summed E-state index contributed by atoms with van der Waals surface area (Å²) in [5.41, 5.74) is 4.88. The second-order valence-electron chi connectivity index (χ2n) is 11.0. The van der Waals surface area contributed by atoms with Gasteiger partial charge in [-0.05, 0) is 89.6 Å². The van der Waals surface area contributed by atoms with E-state index in [1.807, 2.05) is 63.2 Å². The molecule has 0 bridgehead atoms. The summed E-state index contributed by atoms with van der Waals surface area (Å²) in [4.78, 5) is 30.3. The SMILES string of the molecule is CCOc1cc(C)c(-c2nc3ccccc3c(=O)n2N=Cc2cc(Br)c(OCc3cccc(C)c3)c([N+](=O)[O-])c2)cc1C(C)C.